The number of hydrazone groups is 1. The van der Waals surface area contributed by atoms with Crippen molar-refractivity contribution in [3.63, 3.8) is 0 Å². The molecule has 2 N–H and O–H groups in total. The Balaban J connectivity index is 1.77. The molecule has 0 saturated heterocycles. The SMILES string of the molecule is COc1ccccc1/C=C/C(=O)NCC(=O)N/N=C\c1ccc(N(C)C)cc1. The van der Waals surface area contributed by atoms with Crippen LogP contribution in [-0.2, 0) is 9.59 Å². The van der Waals surface area contributed by atoms with Gasteiger partial charge in [-0.1, -0.05) is 30.3 Å². The molecule has 2 amide bonds. The highest BCUT2D eigenvalue weighted by Gasteiger charge is 2.03. The molecule has 0 aliphatic rings. The van der Waals surface area contributed by atoms with Crippen LogP contribution in [0.4, 0.5) is 5.69 Å². The number of rotatable bonds is 8. The molecule has 2 aromatic carbocycles. The number of nitrogens with one attached hydrogen (secondary N) is 2. The Labute approximate surface area is 164 Å². The first-order valence-corrected chi connectivity index (χ1v) is 8.68. The summed E-state index contributed by atoms with van der Waals surface area (Å²) in [4.78, 5) is 25.6. The maximum Gasteiger partial charge on any atom is 0.259 e. The van der Waals surface area contributed by atoms with Gasteiger partial charge >= 0.3 is 0 Å². The van der Waals surface area contributed by atoms with E-state index in [1.54, 1.807) is 25.5 Å². The normalized spacial score (nSPS) is 10.8. The molecule has 0 spiro atoms. The van der Waals surface area contributed by atoms with Crippen molar-refractivity contribution < 1.29 is 14.3 Å². The first kappa shape index (κ1) is 20.7. The molecule has 0 radical (unpaired) electrons. The van der Waals surface area contributed by atoms with Gasteiger partial charge in [-0.3, -0.25) is 9.59 Å². The van der Waals surface area contributed by atoms with Gasteiger partial charge in [0.2, 0.25) is 5.91 Å². The molecular formula is C21H24N4O3. The summed E-state index contributed by atoms with van der Waals surface area (Å²) in [6, 6.07) is 15.0. The van der Waals surface area contributed by atoms with Gasteiger partial charge in [-0.25, -0.2) is 5.43 Å². The number of ether oxygens (including phenoxy) is 1. The lowest BCUT2D eigenvalue weighted by molar-refractivity contribution is -0.123. The molecule has 0 aromatic heterocycles. The molecule has 0 unspecified atom stereocenters. The molecule has 0 aliphatic heterocycles. The van der Waals surface area contributed by atoms with Gasteiger partial charge < -0.3 is 15.0 Å². The summed E-state index contributed by atoms with van der Waals surface area (Å²) in [5.74, 6) is -0.137. The van der Waals surface area contributed by atoms with E-state index in [9.17, 15) is 9.59 Å². The summed E-state index contributed by atoms with van der Waals surface area (Å²) < 4.78 is 5.21. The van der Waals surface area contributed by atoms with Gasteiger partial charge in [-0.2, -0.15) is 5.10 Å². The van der Waals surface area contributed by atoms with Crippen LogP contribution >= 0.6 is 0 Å². The average molecular weight is 380 g/mol. The van der Waals surface area contributed by atoms with E-state index in [4.69, 9.17) is 4.74 Å². The third-order valence-electron chi connectivity index (χ3n) is 3.79. The lowest BCUT2D eigenvalue weighted by Gasteiger charge is -2.11. The molecule has 0 atom stereocenters. The van der Waals surface area contributed by atoms with Crippen LogP contribution in [0.15, 0.2) is 59.7 Å². The number of anilines is 1. The Morgan fingerprint density at radius 3 is 2.50 bits per heavy atom. The van der Waals surface area contributed by atoms with Crippen LogP contribution in [0.25, 0.3) is 6.08 Å². The van der Waals surface area contributed by atoms with E-state index in [0.717, 1.165) is 16.8 Å². The van der Waals surface area contributed by atoms with Crippen molar-refractivity contribution in [1.29, 1.82) is 0 Å². The second-order valence-electron chi connectivity index (χ2n) is 6.07. The minimum atomic E-state index is -0.416. The summed E-state index contributed by atoms with van der Waals surface area (Å²) in [5, 5.41) is 6.39. The van der Waals surface area contributed by atoms with Gasteiger partial charge in [0, 0.05) is 31.4 Å². The summed E-state index contributed by atoms with van der Waals surface area (Å²) in [7, 11) is 5.49. The van der Waals surface area contributed by atoms with Crippen molar-refractivity contribution >= 4 is 29.8 Å². The second kappa shape index (κ2) is 10.5. The fourth-order valence-electron chi connectivity index (χ4n) is 2.27. The fourth-order valence-corrected chi connectivity index (χ4v) is 2.27. The second-order valence-corrected chi connectivity index (χ2v) is 6.07. The summed E-state index contributed by atoms with van der Waals surface area (Å²) in [6.07, 6.45) is 4.52. The van der Waals surface area contributed by atoms with E-state index in [0.29, 0.717) is 5.75 Å². The first-order chi connectivity index (χ1) is 13.5. The number of nitrogens with zero attached hydrogens (tertiary/aromatic N) is 2. The van der Waals surface area contributed by atoms with Gasteiger partial charge in [0.05, 0.1) is 19.9 Å². The Hall–Kier alpha value is -3.61. The number of carbonyl (C=O) groups is 2. The number of amides is 2. The van der Waals surface area contributed by atoms with Crippen molar-refractivity contribution in [1.82, 2.24) is 10.7 Å². The van der Waals surface area contributed by atoms with Crippen LogP contribution in [0.1, 0.15) is 11.1 Å². The molecule has 0 bridgehead atoms. The van der Waals surface area contributed by atoms with Gasteiger partial charge in [-0.15, -0.1) is 0 Å². The lowest BCUT2D eigenvalue weighted by atomic mass is 10.2. The van der Waals surface area contributed by atoms with Crippen molar-refractivity contribution in [3.8, 4) is 5.75 Å². The first-order valence-electron chi connectivity index (χ1n) is 8.68. The predicted molar refractivity (Wildman–Crippen MR) is 112 cm³/mol. The minimum absolute atomic E-state index is 0.175. The van der Waals surface area contributed by atoms with Gasteiger partial charge in [0.15, 0.2) is 0 Å². The van der Waals surface area contributed by atoms with Crippen LogP contribution in [0.2, 0.25) is 0 Å². The van der Waals surface area contributed by atoms with Crippen LogP contribution < -0.4 is 20.4 Å². The van der Waals surface area contributed by atoms with E-state index < -0.39 is 5.91 Å². The quantitative estimate of drug-likeness (QED) is 0.417. The topological polar surface area (TPSA) is 83.0 Å². The minimum Gasteiger partial charge on any atom is -0.496 e. The Morgan fingerprint density at radius 1 is 1.11 bits per heavy atom. The smallest absolute Gasteiger partial charge is 0.259 e. The Kier molecular flexibility index (Phi) is 7.77. The summed E-state index contributed by atoms with van der Waals surface area (Å²) in [6.45, 7) is -0.175. The fraction of sp³-hybridized carbons (Fsp3) is 0.190. The number of methoxy groups -OCH3 is 1. The molecule has 0 heterocycles. The number of hydrogen-bond acceptors (Lipinski definition) is 5. The van der Waals surface area contributed by atoms with Crippen molar-refractivity contribution in [3.05, 3.63) is 65.7 Å². The van der Waals surface area contributed by atoms with E-state index in [1.165, 1.54) is 6.08 Å². The molecule has 0 fully saturated rings. The van der Waals surface area contributed by atoms with Crippen molar-refractivity contribution in [2.45, 2.75) is 0 Å². The van der Waals surface area contributed by atoms with Crippen LogP contribution in [-0.4, -0.2) is 45.8 Å². The van der Waals surface area contributed by atoms with Crippen molar-refractivity contribution in [2.75, 3.05) is 32.6 Å². The average Bonchev–Trinajstić information content (AvgIpc) is 2.71. The predicted octanol–water partition coefficient (Wildman–Crippen LogP) is 2.04. The molecule has 0 aliphatic carbocycles. The van der Waals surface area contributed by atoms with E-state index in [2.05, 4.69) is 15.8 Å². The van der Waals surface area contributed by atoms with Gasteiger partial charge in [0.1, 0.15) is 5.75 Å². The largest absolute Gasteiger partial charge is 0.496 e. The summed E-state index contributed by atoms with van der Waals surface area (Å²) in [5.41, 5.74) is 5.08. The Morgan fingerprint density at radius 2 is 1.82 bits per heavy atom. The molecule has 28 heavy (non-hydrogen) atoms. The standard InChI is InChI=1S/C21H24N4O3/c1-25(2)18-11-8-16(9-12-18)14-23-24-21(27)15-22-20(26)13-10-17-6-4-5-7-19(17)28-3/h4-14H,15H2,1-3H3,(H,22,26)(H,24,27)/b13-10+,23-14-. The zero-order valence-electron chi connectivity index (χ0n) is 16.2. The monoisotopic (exact) mass is 380 g/mol. The zero-order chi connectivity index (χ0) is 20.4. The van der Waals surface area contributed by atoms with Crippen molar-refractivity contribution in [2.24, 2.45) is 5.10 Å². The maximum atomic E-state index is 11.8. The highest BCUT2D eigenvalue weighted by atomic mass is 16.5. The highest BCUT2D eigenvalue weighted by Crippen LogP contribution is 2.18. The lowest BCUT2D eigenvalue weighted by Crippen LogP contribution is -2.34. The van der Waals surface area contributed by atoms with E-state index in [-0.39, 0.29) is 12.5 Å². The zero-order valence-corrected chi connectivity index (χ0v) is 16.2. The number of benzene rings is 2. The third kappa shape index (κ3) is 6.60. The molecule has 146 valence electrons. The molecule has 0 saturated carbocycles. The Bertz CT molecular complexity index is 858. The highest BCUT2D eigenvalue weighted by molar-refractivity contribution is 5.94. The van der Waals surface area contributed by atoms with E-state index in [1.807, 2.05) is 61.5 Å². The maximum absolute atomic E-state index is 11.8. The third-order valence-corrected chi connectivity index (χ3v) is 3.79. The van der Waals surface area contributed by atoms with Crippen LogP contribution in [0, 0.1) is 0 Å². The molecular weight excluding hydrogens is 356 g/mol. The van der Waals surface area contributed by atoms with Crippen LogP contribution in [0.3, 0.4) is 0 Å². The molecule has 2 aromatic rings. The van der Waals surface area contributed by atoms with Crippen LogP contribution in [0.5, 0.6) is 5.75 Å². The number of hydrogen-bond donors (Lipinski definition) is 2. The molecule has 7 heteroatoms. The number of para-hydroxylation sites is 1. The number of carbonyl (C=O) groups excluding carboxylic acids is 2. The summed E-state index contributed by atoms with van der Waals surface area (Å²) >= 11 is 0. The van der Waals surface area contributed by atoms with E-state index >= 15 is 0 Å². The molecule has 2 rings (SSSR count). The molecule has 7 nitrogen and oxygen atoms in total. The van der Waals surface area contributed by atoms with Gasteiger partial charge in [-0.05, 0) is 29.8 Å². The van der Waals surface area contributed by atoms with Gasteiger partial charge in [0.25, 0.3) is 5.91 Å².